The Kier molecular flexibility index (Phi) is 9.95. The third-order valence-electron chi connectivity index (χ3n) is 2.86. The van der Waals surface area contributed by atoms with Gasteiger partial charge in [0.25, 0.3) is 0 Å². The maximum atomic E-state index is 12.3. The highest BCUT2D eigenvalue weighted by atomic mass is 79.9. The molecule has 0 aliphatic carbocycles. The number of halogens is 2. The van der Waals surface area contributed by atoms with Crippen LogP contribution >= 0.6 is 28.3 Å². The van der Waals surface area contributed by atoms with Crippen molar-refractivity contribution in [3.05, 3.63) is 28.2 Å². The van der Waals surface area contributed by atoms with Crippen molar-refractivity contribution in [1.82, 2.24) is 10.0 Å². The van der Waals surface area contributed by atoms with Crippen molar-refractivity contribution in [1.29, 1.82) is 0 Å². The first-order valence-electron chi connectivity index (χ1n) is 7.01. The monoisotopic (exact) mass is 428 g/mol. The van der Waals surface area contributed by atoms with Crippen LogP contribution in [0.5, 0.6) is 0 Å². The van der Waals surface area contributed by atoms with Crippen molar-refractivity contribution in [3.8, 4) is 0 Å². The molecule has 2 N–H and O–H groups in total. The zero-order valence-electron chi connectivity index (χ0n) is 13.3. The van der Waals surface area contributed by atoms with E-state index in [1.807, 2.05) is 13.8 Å². The fourth-order valence-electron chi connectivity index (χ4n) is 1.79. The molecule has 1 atom stereocenters. The van der Waals surface area contributed by atoms with Gasteiger partial charge in [-0.1, -0.05) is 6.92 Å². The number of rotatable bonds is 8. The van der Waals surface area contributed by atoms with Crippen LogP contribution in [0, 0.1) is 0 Å². The van der Waals surface area contributed by atoms with Crippen LogP contribution in [-0.4, -0.2) is 40.1 Å². The predicted octanol–water partition coefficient (Wildman–Crippen LogP) is 2.32. The van der Waals surface area contributed by atoms with Crippen LogP contribution < -0.4 is 10.0 Å². The molecule has 0 amide bonds. The minimum atomic E-state index is -3.65. The van der Waals surface area contributed by atoms with Gasteiger partial charge < -0.3 is 10.1 Å². The number of nitrogens with one attached hydrogen (secondary N) is 2. The van der Waals surface area contributed by atoms with E-state index in [0.717, 1.165) is 6.54 Å². The van der Waals surface area contributed by atoms with E-state index in [1.54, 1.807) is 6.92 Å². The van der Waals surface area contributed by atoms with Crippen molar-refractivity contribution in [2.75, 3.05) is 19.7 Å². The van der Waals surface area contributed by atoms with E-state index in [2.05, 4.69) is 26.0 Å². The van der Waals surface area contributed by atoms with Gasteiger partial charge in [-0.25, -0.2) is 17.9 Å². The number of carbonyl (C=O) groups is 1. The zero-order valence-corrected chi connectivity index (χ0v) is 16.5. The molecular formula is C14H22BrClN2O4S. The SMILES string of the molecule is CCN[C@H](C)CNS(=O)(=O)c1ccc(C(=O)OCC)cc1Br.Cl. The molecule has 0 heterocycles. The summed E-state index contributed by atoms with van der Waals surface area (Å²) in [7, 11) is -3.65. The molecule has 0 aromatic heterocycles. The zero-order chi connectivity index (χ0) is 16.8. The highest BCUT2D eigenvalue weighted by Crippen LogP contribution is 2.23. The van der Waals surface area contributed by atoms with Crippen molar-refractivity contribution in [2.24, 2.45) is 0 Å². The molecule has 0 aliphatic rings. The normalized spacial score (nSPS) is 12.3. The number of benzene rings is 1. The molecule has 6 nitrogen and oxygen atoms in total. The van der Waals surface area contributed by atoms with Crippen molar-refractivity contribution in [3.63, 3.8) is 0 Å². The summed E-state index contributed by atoms with van der Waals surface area (Å²) in [5.41, 5.74) is 0.300. The van der Waals surface area contributed by atoms with E-state index in [0.29, 0.717) is 10.0 Å². The van der Waals surface area contributed by atoms with E-state index < -0.39 is 16.0 Å². The van der Waals surface area contributed by atoms with Gasteiger partial charge in [0.2, 0.25) is 10.0 Å². The van der Waals surface area contributed by atoms with Crippen LogP contribution in [0.15, 0.2) is 27.6 Å². The summed E-state index contributed by atoms with van der Waals surface area (Å²) in [5.74, 6) is -0.485. The molecule has 1 rings (SSSR count). The summed E-state index contributed by atoms with van der Waals surface area (Å²) in [4.78, 5) is 11.7. The summed E-state index contributed by atoms with van der Waals surface area (Å²) in [6, 6.07) is 4.29. The van der Waals surface area contributed by atoms with Gasteiger partial charge >= 0.3 is 5.97 Å². The van der Waals surface area contributed by atoms with Gasteiger partial charge in [-0.05, 0) is 54.5 Å². The summed E-state index contributed by atoms with van der Waals surface area (Å²) in [6.07, 6.45) is 0. The molecule has 0 radical (unpaired) electrons. The van der Waals surface area contributed by atoms with Crippen LogP contribution in [0.3, 0.4) is 0 Å². The molecule has 9 heteroatoms. The summed E-state index contributed by atoms with van der Waals surface area (Å²) in [5, 5.41) is 3.12. The van der Waals surface area contributed by atoms with Gasteiger partial charge in [-0.15, -0.1) is 12.4 Å². The van der Waals surface area contributed by atoms with Gasteiger partial charge in [-0.3, -0.25) is 0 Å². The lowest BCUT2D eigenvalue weighted by atomic mass is 10.2. The Labute approximate surface area is 152 Å². The number of hydrogen-bond donors (Lipinski definition) is 2. The van der Waals surface area contributed by atoms with E-state index in [1.165, 1.54) is 18.2 Å². The van der Waals surface area contributed by atoms with Crippen LogP contribution in [0.4, 0.5) is 0 Å². The second kappa shape index (κ2) is 10.2. The molecular weight excluding hydrogens is 408 g/mol. The number of hydrogen-bond acceptors (Lipinski definition) is 5. The fourth-order valence-corrected chi connectivity index (χ4v) is 4.00. The van der Waals surface area contributed by atoms with Gasteiger partial charge in [0.05, 0.1) is 17.1 Å². The first-order chi connectivity index (χ1) is 10.3. The average molecular weight is 430 g/mol. The van der Waals surface area contributed by atoms with Crippen LogP contribution in [0.1, 0.15) is 31.1 Å². The number of sulfonamides is 1. The standard InChI is InChI=1S/C14H21BrN2O4S.ClH/c1-4-16-10(3)9-17-22(19,20)13-7-6-11(8-12(13)15)14(18)21-5-2;/h6-8,10,16-17H,4-5,9H2,1-3H3;1H/t10-;/m1./s1. The van der Waals surface area contributed by atoms with Crippen molar-refractivity contribution >= 4 is 44.3 Å². The summed E-state index contributed by atoms with van der Waals surface area (Å²) in [6.45, 7) is 6.87. The Morgan fingerprint density at radius 1 is 1.35 bits per heavy atom. The Bertz CT molecular complexity index is 625. The molecule has 0 unspecified atom stereocenters. The topological polar surface area (TPSA) is 84.5 Å². The molecule has 1 aromatic rings. The number of esters is 1. The van der Waals surface area contributed by atoms with E-state index in [4.69, 9.17) is 4.74 Å². The molecule has 0 spiro atoms. The molecule has 0 aliphatic heterocycles. The lowest BCUT2D eigenvalue weighted by Gasteiger charge is -2.14. The Morgan fingerprint density at radius 2 is 2.00 bits per heavy atom. The van der Waals surface area contributed by atoms with E-state index in [-0.39, 0.29) is 36.5 Å². The molecule has 0 bridgehead atoms. The summed E-state index contributed by atoms with van der Waals surface area (Å²) >= 11 is 3.20. The number of carbonyl (C=O) groups excluding carboxylic acids is 1. The first-order valence-corrected chi connectivity index (χ1v) is 9.29. The third kappa shape index (κ3) is 6.76. The average Bonchev–Trinajstić information content (AvgIpc) is 2.45. The fraction of sp³-hybridized carbons (Fsp3) is 0.500. The lowest BCUT2D eigenvalue weighted by Crippen LogP contribution is -2.38. The molecule has 1 aromatic carbocycles. The van der Waals surface area contributed by atoms with Gasteiger partial charge in [0.15, 0.2) is 0 Å². The third-order valence-corrected chi connectivity index (χ3v) is 5.26. The van der Waals surface area contributed by atoms with Crippen molar-refractivity contribution < 1.29 is 17.9 Å². The maximum absolute atomic E-state index is 12.3. The second-order valence-corrected chi connectivity index (χ2v) is 7.27. The second-order valence-electron chi connectivity index (χ2n) is 4.68. The van der Waals surface area contributed by atoms with Crippen molar-refractivity contribution in [2.45, 2.75) is 31.7 Å². The quantitative estimate of drug-likeness (QED) is 0.620. The minimum absolute atomic E-state index is 0. The van der Waals surface area contributed by atoms with Crippen LogP contribution in [-0.2, 0) is 14.8 Å². The molecule has 132 valence electrons. The molecule has 0 saturated carbocycles. The number of likely N-dealkylation sites (N-methyl/N-ethyl adjacent to an activating group) is 1. The Morgan fingerprint density at radius 3 is 2.52 bits per heavy atom. The Hall–Kier alpha value is -0.670. The largest absolute Gasteiger partial charge is 0.462 e. The highest BCUT2D eigenvalue weighted by molar-refractivity contribution is 9.10. The predicted molar refractivity (Wildman–Crippen MR) is 95.7 cm³/mol. The minimum Gasteiger partial charge on any atom is -0.462 e. The van der Waals surface area contributed by atoms with Gasteiger partial charge in [0.1, 0.15) is 0 Å². The highest BCUT2D eigenvalue weighted by Gasteiger charge is 2.20. The Balaban J connectivity index is 0.00000484. The van der Waals surface area contributed by atoms with Crippen LogP contribution in [0.2, 0.25) is 0 Å². The van der Waals surface area contributed by atoms with E-state index in [9.17, 15) is 13.2 Å². The van der Waals surface area contributed by atoms with Crippen LogP contribution in [0.25, 0.3) is 0 Å². The smallest absolute Gasteiger partial charge is 0.338 e. The summed E-state index contributed by atoms with van der Waals surface area (Å²) < 4.78 is 32.3. The number of ether oxygens (including phenoxy) is 1. The maximum Gasteiger partial charge on any atom is 0.338 e. The first kappa shape index (κ1) is 22.3. The lowest BCUT2D eigenvalue weighted by molar-refractivity contribution is 0.0526. The molecule has 23 heavy (non-hydrogen) atoms. The molecule has 0 saturated heterocycles. The molecule has 0 fully saturated rings. The van der Waals surface area contributed by atoms with Gasteiger partial charge in [0, 0.05) is 17.1 Å². The van der Waals surface area contributed by atoms with E-state index >= 15 is 0 Å². The van der Waals surface area contributed by atoms with Gasteiger partial charge in [-0.2, -0.15) is 0 Å².